The molecule has 196 valence electrons. The number of aromatic nitrogens is 3. The van der Waals surface area contributed by atoms with Crippen LogP contribution in [-0.4, -0.2) is 45.0 Å². The van der Waals surface area contributed by atoms with Crippen LogP contribution in [0.2, 0.25) is 0 Å². The third-order valence-corrected chi connectivity index (χ3v) is 7.19. The molecule has 1 aliphatic rings. The van der Waals surface area contributed by atoms with Gasteiger partial charge in [0.15, 0.2) is 0 Å². The Morgan fingerprint density at radius 1 is 1.03 bits per heavy atom. The van der Waals surface area contributed by atoms with Gasteiger partial charge in [0, 0.05) is 55.7 Å². The predicted octanol–water partition coefficient (Wildman–Crippen LogP) is 5.75. The Labute approximate surface area is 225 Å². The molecule has 5 rings (SSSR count). The molecule has 0 spiro atoms. The quantitative estimate of drug-likeness (QED) is 0.330. The van der Waals surface area contributed by atoms with Crippen molar-refractivity contribution in [2.45, 2.75) is 40.3 Å². The summed E-state index contributed by atoms with van der Waals surface area (Å²) in [5.41, 5.74) is 4.43. The SMILES string of the molecule is Cc1ccc(C(=O)N(CC2CNC2)C(c2nc(-c3ccccc3)cn2Cc2ccccc2)C(C)(C)C)cn1. The van der Waals surface area contributed by atoms with Crippen LogP contribution in [0.15, 0.2) is 85.2 Å². The van der Waals surface area contributed by atoms with E-state index in [-0.39, 0.29) is 17.4 Å². The number of nitrogens with zero attached hydrogens (tertiary/aromatic N) is 4. The minimum atomic E-state index is -0.265. The van der Waals surface area contributed by atoms with Crippen LogP contribution in [0.5, 0.6) is 0 Å². The van der Waals surface area contributed by atoms with E-state index < -0.39 is 0 Å². The molecule has 1 unspecified atom stereocenters. The normalized spacial score (nSPS) is 14.6. The largest absolute Gasteiger partial charge is 0.328 e. The lowest BCUT2D eigenvalue weighted by atomic mass is 9.83. The molecule has 4 aromatic rings. The van der Waals surface area contributed by atoms with Gasteiger partial charge in [0.25, 0.3) is 5.91 Å². The third kappa shape index (κ3) is 5.70. The van der Waals surface area contributed by atoms with E-state index in [0.29, 0.717) is 24.6 Å². The summed E-state index contributed by atoms with van der Waals surface area (Å²) in [6, 6.07) is 24.3. The minimum absolute atomic E-state index is 0.000141. The van der Waals surface area contributed by atoms with Gasteiger partial charge in [-0.05, 0) is 30.0 Å². The van der Waals surface area contributed by atoms with E-state index in [4.69, 9.17) is 4.98 Å². The molecule has 1 amide bonds. The Balaban J connectivity index is 1.63. The molecule has 0 saturated carbocycles. The summed E-state index contributed by atoms with van der Waals surface area (Å²) in [7, 11) is 0. The number of carbonyl (C=O) groups excluding carboxylic acids is 1. The van der Waals surface area contributed by atoms with Crippen LogP contribution in [0, 0.1) is 18.3 Å². The Morgan fingerprint density at radius 3 is 2.29 bits per heavy atom. The van der Waals surface area contributed by atoms with Gasteiger partial charge in [-0.2, -0.15) is 0 Å². The van der Waals surface area contributed by atoms with Crippen molar-refractivity contribution in [3.8, 4) is 11.3 Å². The second-order valence-corrected chi connectivity index (χ2v) is 11.4. The van der Waals surface area contributed by atoms with Crippen LogP contribution < -0.4 is 5.32 Å². The smallest absolute Gasteiger partial charge is 0.256 e. The molecule has 0 radical (unpaired) electrons. The molecular formula is C32H37N5O. The van der Waals surface area contributed by atoms with Crippen molar-refractivity contribution in [1.29, 1.82) is 0 Å². The first-order valence-corrected chi connectivity index (χ1v) is 13.4. The van der Waals surface area contributed by atoms with E-state index in [1.165, 1.54) is 5.56 Å². The van der Waals surface area contributed by atoms with E-state index in [0.717, 1.165) is 35.9 Å². The Morgan fingerprint density at radius 2 is 1.71 bits per heavy atom. The lowest BCUT2D eigenvalue weighted by Crippen LogP contribution is -2.52. The number of rotatable bonds is 8. The number of imidazole rings is 1. The molecule has 2 aromatic heterocycles. The number of aryl methyl sites for hydroxylation is 1. The maximum atomic E-state index is 14.2. The summed E-state index contributed by atoms with van der Waals surface area (Å²) in [4.78, 5) is 25.9. The van der Waals surface area contributed by atoms with Crippen molar-refractivity contribution in [3.05, 3.63) is 108 Å². The van der Waals surface area contributed by atoms with Gasteiger partial charge in [-0.25, -0.2) is 4.98 Å². The molecule has 1 saturated heterocycles. The fourth-order valence-electron chi connectivity index (χ4n) is 5.12. The fraction of sp³-hybridized carbons (Fsp3) is 0.344. The highest BCUT2D eigenvalue weighted by Gasteiger charge is 2.40. The molecule has 1 atom stereocenters. The zero-order valence-corrected chi connectivity index (χ0v) is 22.8. The average Bonchev–Trinajstić information content (AvgIpc) is 3.28. The summed E-state index contributed by atoms with van der Waals surface area (Å²) in [5.74, 6) is 1.31. The van der Waals surface area contributed by atoms with Gasteiger partial charge in [0.2, 0.25) is 0 Å². The molecule has 1 fully saturated rings. The van der Waals surface area contributed by atoms with E-state index in [2.05, 4.69) is 83.1 Å². The maximum Gasteiger partial charge on any atom is 0.256 e. The van der Waals surface area contributed by atoms with Crippen molar-refractivity contribution < 1.29 is 4.79 Å². The van der Waals surface area contributed by atoms with Crippen molar-refractivity contribution in [3.63, 3.8) is 0 Å². The van der Waals surface area contributed by atoms with Gasteiger partial charge in [0.1, 0.15) is 5.82 Å². The zero-order valence-electron chi connectivity index (χ0n) is 22.8. The maximum absolute atomic E-state index is 14.2. The predicted molar refractivity (Wildman–Crippen MR) is 152 cm³/mol. The number of hydrogen-bond donors (Lipinski definition) is 1. The topological polar surface area (TPSA) is 63.1 Å². The van der Waals surface area contributed by atoms with Gasteiger partial charge in [-0.1, -0.05) is 81.4 Å². The first kappa shape index (κ1) is 25.9. The summed E-state index contributed by atoms with van der Waals surface area (Å²) in [5, 5.41) is 3.37. The lowest BCUT2D eigenvalue weighted by Gasteiger charge is -2.43. The van der Waals surface area contributed by atoms with E-state index in [9.17, 15) is 4.79 Å². The first-order chi connectivity index (χ1) is 18.3. The van der Waals surface area contributed by atoms with Gasteiger partial charge < -0.3 is 14.8 Å². The number of carbonyl (C=O) groups is 1. The van der Waals surface area contributed by atoms with Crippen LogP contribution in [0.3, 0.4) is 0 Å². The molecule has 2 aromatic carbocycles. The van der Waals surface area contributed by atoms with E-state index in [1.54, 1.807) is 6.20 Å². The molecule has 6 nitrogen and oxygen atoms in total. The number of pyridine rings is 1. The Hall–Kier alpha value is -3.77. The van der Waals surface area contributed by atoms with Crippen LogP contribution >= 0.6 is 0 Å². The number of amides is 1. The van der Waals surface area contributed by atoms with E-state index in [1.807, 2.05) is 43.3 Å². The van der Waals surface area contributed by atoms with Gasteiger partial charge in [-0.15, -0.1) is 0 Å². The average molecular weight is 508 g/mol. The van der Waals surface area contributed by atoms with Crippen molar-refractivity contribution in [2.24, 2.45) is 11.3 Å². The summed E-state index contributed by atoms with van der Waals surface area (Å²) in [6.07, 6.45) is 3.84. The highest BCUT2D eigenvalue weighted by atomic mass is 16.2. The molecule has 6 heteroatoms. The molecule has 38 heavy (non-hydrogen) atoms. The minimum Gasteiger partial charge on any atom is -0.328 e. The molecule has 3 heterocycles. The third-order valence-electron chi connectivity index (χ3n) is 7.19. The second-order valence-electron chi connectivity index (χ2n) is 11.4. The molecule has 0 aliphatic carbocycles. The van der Waals surface area contributed by atoms with Crippen molar-refractivity contribution in [1.82, 2.24) is 24.8 Å². The summed E-state index contributed by atoms with van der Waals surface area (Å²) < 4.78 is 2.24. The zero-order chi connectivity index (χ0) is 26.7. The second kappa shape index (κ2) is 10.9. The van der Waals surface area contributed by atoms with Crippen LogP contribution in [0.1, 0.15) is 54.3 Å². The van der Waals surface area contributed by atoms with E-state index >= 15 is 0 Å². The van der Waals surface area contributed by atoms with Crippen molar-refractivity contribution in [2.75, 3.05) is 19.6 Å². The highest BCUT2D eigenvalue weighted by molar-refractivity contribution is 5.94. The molecule has 1 N–H and O–H groups in total. The lowest BCUT2D eigenvalue weighted by molar-refractivity contribution is 0.0393. The number of benzene rings is 2. The van der Waals surface area contributed by atoms with Crippen LogP contribution in [0.25, 0.3) is 11.3 Å². The Kier molecular flexibility index (Phi) is 7.43. The van der Waals surface area contributed by atoms with Crippen LogP contribution in [-0.2, 0) is 6.54 Å². The monoisotopic (exact) mass is 507 g/mol. The van der Waals surface area contributed by atoms with Crippen molar-refractivity contribution >= 4 is 5.91 Å². The summed E-state index contributed by atoms with van der Waals surface area (Å²) in [6.45, 7) is 11.7. The first-order valence-electron chi connectivity index (χ1n) is 13.4. The number of hydrogen-bond acceptors (Lipinski definition) is 4. The number of nitrogens with one attached hydrogen (secondary N) is 1. The standard InChI is InChI=1S/C32H37N5O/c1-23-15-16-27(19-34-23)31(38)37(21-25-17-33-18-25)29(32(2,3)4)30-35-28(26-13-9-6-10-14-26)22-36(30)20-24-11-7-5-8-12-24/h5-16,19,22,25,29,33H,17-18,20-21H2,1-4H3. The van der Waals surface area contributed by atoms with Gasteiger partial charge in [-0.3, -0.25) is 9.78 Å². The summed E-state index contributed by atoms with van der Waals surface area (Å²) >= 11 is 0. The van der Waals surface area contributed by atoms with Gasteiger partial charge >= 0.3 is 0 Å². The molecule has 1 aliphatic heterocycles. The van der Waals surface area contributed by atoms with Crippen LogP contribution in [0.4, 0.5) is 0 Å². The Bertz CT molecular complexity index is 1350. The highest BCUT2D eigenvalue weighted by Crippen LogP contribution is 2.40. The molecule has 0 bridgehead atoms. The van der Waals surface area contributed by atoms with Gasteiger partial charge in [0.05, 0.1) is 17.3 Å². The fourth-order valence-corrected chi connectivity index (χ4v) is 5.12. The molecular weight excluding hydrogens is 470 g/mol.